The Hall–Kier alpha value is -3.33. The van der Waals surface area contributed by atoms with E-state index in [2.05, 4.69) is 10.4 Å². The number of hydrogen-bond acceptors (Lipinski definition) is 6. The van der Waals surface area contributed by atoms with Crippen LogP contribution in [0.2, 0.25) is 0 Å². The number of amides is 1. The minimum absolute atomic E-state index is 0.316. The number of benzene rings is 2. The first-order chi connectivity index (χ1) is 15.5. The highest BCUT2D eigenvalue weighted by Crippen LogP contribution is 2.33. The van der Waals surface area contributed by atoms with Gasteiger partial charge in [0.15, 0.2) is 11.5 Å². The molecule has 9 heteroatoms. The molecule has 2 heterocycles. The second-order valence-corrected chi connectivity index (χ2v) is 8.55. The molecule has 0 saturated heterocycles. The Kier molecular flexibility index (Phi) is 6.45. The summed E-state index contributed by atoms with van der Waals surface area (Å²) in [4.78, 5) is 13.2. The first-order valence-electron chi connectivity index (χ1n) is 10.3. The zero-order valence-electron chi connectivity index (χ0n) is 18.2. The second kappa shape index (κ2) is 9.44. The minimum Gasteiger partial charge on any atom is -0.497 e. The van der Waals surface area contributed by atoms with Crippen molar-refractivity contribution in [2.24, 2.45) is 0 Å². The predicted molar refractivity (Wildman–Crippen MR) is 122 cm³/mol. The molecular weight excluding hydrogens is 430 g/mol. The molecule has 0 saturated carbocycles. The number of aromatic nitrogens is 2. The standard InChI is InChI=1S/C23H25N3O5S/c1-4-30-20-11-6-15(12-21(20)31-5-2)23(27)24-22-18-13-32(28)14-19(18)25-26(22)16-7-9-17(29-3)10-8-16/h6-12H,4-5,13-14H2,1-3H3,(H,24,27). The lowest BCUT2D eigenvalue weighted by atomic mass is 10.1. The van der Waals surface area contributed by atoms with Gasteiger partial charge in [0.25, 0.3) is 5.91 Å². The number of nitrogens with zero attached hydrogens (tertiary/aromatic N) is 2. The molecular formula is C23H25N3O5S. The summed E-state index contributed by atoms with van der Waals surface area (Å²) in [5.41, 5.74) is 2.72. The van der Waals surface area contributed by atoms with Crippen LogP contribution in [0.3, 0.4) is 0 Å². The van der Waals surface area contributed by atoms with Crippen LogP contribution in [0.1, 0.15) is 35.5 Å². The minimum atomic E-state index is -1.02. The normalized spacial score (nSPS) is 14.7. The molecule has 2 aromatic carbocycles. The maximum atomic E-state index is 13.2. The number of carbonyl (C=O) groups is 1. The van der Waals surface area contributed by atoms with Gasteiger partial charge < -0.3 is 19.5 Å². The summed E-state index contributed by atoms with van der Waals surface area (Å²) in [7, 11) is 0.580. The summed E-state index contributed by atoms with van der Waals surface area (Å²) in [6.45, 7) is 4.71. The van der Waals surface area contributed by atoms with Crippen LogP contribution in [0.15, 0.2) is 42.5 Å². The molecule has 32 heavy (non-hydrogen) atoms. The molecule has 1 aliphatic heterocycles. The van der Waals surface area contributed by atoms with E-state index in [0.717, 1.165) is 22.7 Å². The number of rotatable bonds is 8. The van der Waals surface area contributed by atoms with E-state index in [-0.39, 0.29) is 5.91 Å². The van der Waals surface area contributed by atoms with Crippen molar-refractivity contribution >= 4 is 22.5 Å². The monoisotopic (exact) mass is 455 g/mol. The van der Waals surface area contributed by atoms with Gasteiger partial charge in [-0.15, -0.1) is 0 Å². The first-order valence-corrected chi connectivity index (χ1v) is 11.8. The summed E-state index contributed by atoms with van der Waals surface area (Å²) in [5, 5.41) is 7.60. The average Bonchev–Trinajstić information content (AvgIpc) is 3.32. The Labute approximate surface area is 188 Å². The molecule has 3 aromatic rings. The largest absolute Gasteiger partial charge is 0.497 e. The summed E-state index contributed by atoms with van der Waals surface area (Å²) < 4.78 is 30.3. The third-order valence-corrected chi connectivity index (χ3v) is 6.23. The molecule has 1 atom stereocenters. The van der Waals surface area contributed by atoms with Crippen LogP contribution in [-0.2, 0) is 22.3 Å². The number of hydrogen-bond donors (Lipinski definition) is 1. The highest BCUT2D eigenvalue weighted by atomic mass is 32.2. The summed E-state index contributed by atoms with van der Waals surface area (Å²) in [5.74, 6) is 2.76. The number of fused-ring (bicyclic) bond motifs is 1. The Bertz CT molecular complexity index is 1160. The molecule has 0 radical (unpaired) electrons. The van der Waals surface area contributed by atoms with Crippen LogP contribution in [0.25, 0.3) is 5.69 Å². The summed E-state index contributed by atoms with van der Waals surface area (Å²) in [6, 6.07) is 12.4. The zero-order chi connectivity index (χ0) is 22.7. The molecule has 0 spiro atoms. The number of ether oxygens (including phenoxy) is 3. The van der Waals surface area contributed by atoms with Crippen LogP contribution >= 0.6 is 0 Å². The number of methoxy groups -OCH3 is 1. The lowest BCUT2D eigenvalue weighted by Gasteiger charge is -2.14. The molecule has 0 fully saturated rings. The Morgan fingerprint density at radius 2 is 1.78 bits per heavy atom. The quantitative estimate of drug-likeness (QED) is 0.557. The van der Waals surface area contributed by atoms with Gasteiger partial charge in [-0.1, -0.05) is 0 Å². The zero-order valence-corrected chi connectivity index (χ0v) is 19.0. The van der Waals surface area contributed by atoms with Gasteiger partial charge in [0.2, 0.25) is 0 Å². The maximum absolute atomic E-state index is 13.2. The van der Waals surface area contributed by atoms with E-state index < -0.39 is 10.8 Å². The fourth-order valence-corrected chi connectivity index (χ4v) is 4.80. The molecule has 1 unspecified atom stereocenters. The molecule has 8 nitrogen and oxygen atoms in total. The van der Waals surface area contributed by atoms with E-state index in [4.69, 9.17) is 14.2 Å². The number of anilines is 1. The third-order valence-electron chi connectivity index (χ3n) is 5.02. The van der Waals surface area contributed by atoms with Crippen molar-refractivity contribution in [3.63, 3.8) is 0 Å². The topological polar surface area (TPSA) is 91.7 Å². The summed E-state index contributed by atoms with van der Waals surface area (Å²) in [6.07, 6.45) is 0. The molecule has 0 bridgehead atoms. The van der Waals surface area contributed by atoms with E-state index in [1.54, 1.807) is 30.0 Å². The van der Waals surface area contributed by atoms with E-state index in [1.165, 1.54) is 0 Å². The van der Waals surface area contributed by atoms with Crippen molar-refractivity contribution in [3.8, 4) is 22.9 Å². The predicted octanol–water partition coefficient (Wildman–Crippen LogP) is 3.69. The van der Waals surface area contributed by atoms with Crippen LogP contribution < -0.4 is 19.5 Å². The van der Waals surface area contributed by atoms with Gasteiger partial charge in [-0.25, -0.2) is 4.68 Å². The lowest BCUT2D eigenvalue weighted by Crippen LogP contribution is -2.17. The molecule has 0 aliphatic carbocycles. The lowest BCUT2D eigenvalue weighted by molar-refractivity contribution is 0.102. The number of nitrogens with one attached hydrogen (secondary N) is 1. The third kappa shape index (κ3) is 4.34. The van der Waals surface area contributed by atoms with Crippen molar-refractivity contribution in [3.05, 3.63) is 59.3 Å². The number of carbonyl (C=O) groups excluding carboxylic acids is 1. The van der Waals surface area contributed by atoms with Crippen molar-refractivity contribution in [1.82, 2.24) is 9.78 Å². The van der Waals surface area contributed by atoms with Gasteiger partial charge in [-0.3, -0.25) is 9.00 Å². The average molecular weight is 456 g/mol. The fourth-order valence-electron chi connectivity index (χ4n) is 3.54. The van der Waals surface area contributed by atoms with Crippen molar-refractivity contribution < 1.29 is 23.2 Å². The SMILES string of the molecule is CCOc1ccc(C(=O)Nc2c3c(nn2-c2ccc(OC)cc2)CS(=O)C3)cc1OCC. The Morgan fingerprint density at radius 3 is 2.47 bits per heavy atom. The second-order valence-electron chi connectivity index (χ2n) is 7.09. The van der Waals surface area contributed by atoms with Gasteiger partial charge in [-0.2, -0.15) is 5.10 Å². The Morgan fingerprint density at radius 1 is 1.06 bits per heavy atom. The van der Waals surface area contributed by atoms with E-state index in [9.17, 15) is 9.00 Å². The van der Waals surface area contributed by atoms with Gasteiger partial charge in [0.05, 0.1) is 43.2 Å². The first kappa shape index (κ1) is 21.9. The highest BCUT2D eigenvalue weighted by molar-refractivity contribution is 7.83. The van der Waals surface area contributed by atoms with Crippen LogP contribution in [0.4, 0.5) is 5.82 Å². The van der Waals surface area contributed by atoms with E-state index in [0.29, 0.717) is 47.6 Å². The van der Waals surface area contributed by atoms with Crippen LogP contribution in [0.5, 0.6) is 17.2 Å². The van der Waals surface area contributed by atoms with Crippen molar-refractivity contribution in [2.45, 2.75) is 25.4 Å². The summed E-state index contributed by atoms with van der Waals surface area (Å²) >= 11 is 0. The molecule has 1 aliphatic rings. The van der Waals surface area contributed by atoms with Crippen LogP contribution in [0, 0.1) is 0 Å². The molecule has 4 rings (SSSR count). The van der Waals surface area contributed by atoms with Gasteiger partial charge >= 0.3 is 0 Å². The van der Waals surface area contributed by atoms with Gasteiger partial charge in [-0.05, 0) is 56.3 Å². The molecule has 1 N–H and O–H groups in total. The fraction of sp³-hybridized carbons (Fsp3) is 0.304. The van der Waals surface area contributed by atoms with Gasteiger partial charge in [0.1, 0.15) is 11.6 Å². The van der Waals surface area contributed by atoms with Gasteiger partial charge in [0, 0.05) is 21.9 Å². The van der Waals surface area contributed by atoms with E-state index in [1.807, 2.05) is 38.1 Å². The Balaban J connectivity index is 1.68. The maximum Gasteiger partial charge on any atom is 0.256 e. The van der Waals surface area contributed by atoms with Crippen molar-refractivity contribution in [2.75, 3.05) is 25.6 Å². The van der Waals surface area contributed by atoms with Crippen molar-refractivity contribution in [1.29, 1.82) is 0 Å². The smallest absolute Gasteiger partial charge is 0.256 e. The molecule has 168 valence electrons. The molecule has 1 amide bonds. The van der Waals surface area contributed by atoms with E-state index >= 15 is 0 Å². The highest BCUT2D eigenvalue weighted by Gasteiger charge is 2.28. The van der Waals surface area contributed by atoms with Crippen LogP contribution in [-0.4, -0.2) is 40.2 Å². The molecule has 1 aromatic heterocycles.